The number of para-hydroxylation sites is 2. The van der Waals surface area contributed by atoms with Gasteiger partial charge in [-0.05, 0) is 36.5 Å². The van der Waals surface area contributed by atoms with Gasteiger partial charge in [-0.25, -0.2) is 4.39 Å². The molecule has 0 radical (unpaired) electrons. The highest BCUT2D eigenvalue weighted by Gasteiger charge is 2.02. The topological polar surface area (TPSA) is 24.1 Å². The highest BCUT2D eigenvalue weighted by atomic mass is 32.1. The van der Waals surface area contributed by atoms with Crippen molar-refractivity contribution in [3.05, 3.63) is 60.4 Å². The molecule has 86 valence electrons. The van der Waals surface area contributed by atoms with E-state index in [9.17, 15) is 4.39 Å². The summed E-state index contributed by atoms with van der Waals surface area (Å²) in [4.78, 5) is 0. The first kappa shape index (κ1) is 11.5. The molecule has 0 saturated carbocycles. The number of hydrogen-bond donors (Lipinski definition) is 2. The van der Waals surface area contributed by atoms with Crippen LogP contribution < -0.4 is 10.6 Å². The average molecular weight is 246 g/mol. The van der Waals surface area contributed by atoms with Crippen molar-refractivity contribution in [2.45, 2.75) is 0 Å². The maximum Gasteiger partial charge on any atom is 0.175 e. The van der Waals surface area contributed by atoms with Crippen LogP contribution in [0.1, 0.15) is 0 Å². The largest absolute Gasteiger partial charge is 0.332 e. The average Bonchev–Trinajstić information content (AvgIpc) is 2.33. The summed E-state index contributed by atoms with van der Waals surface area (Å²) in [5.74, 6) is -0.329. The van der Waals surface area contributed by atoms with Crippen LogP contribution in [0.3, 0.4) is 0 Å². The highest BCUT2D eigenvalue weighted by Crippen LogP contribution is 2.13. The highest BCUT2D eigenvalue weighted by molar-refractivity contribution is 7.80. The normalized spacial score (nSPS) is 9.71. The first-order valence-electron chi connectivity index (χ1n) is 5.13. The predicted octanol–water partition coefficient (Wildman–Crippen LogP) is 3.63. The van der Waals surface area contributed by atoms with Crippen molar-refractivity contribution in [3.63, 3.8) is 0 Å². The number of thiocarbonyl (C=S) groups is 1. The van der Waals surface area contributed by atoms with E-state index in [1.165, 1.54) is 6.07 Å². The lowest BCUT2D eigenvalue weighted by atomic mass is 10.3. The molecule has 0 bridgehead atoms. The standard InChI is InChI=1S/C13H11FN2S/c14-11-8-4-5-9-12(11)16-13(17)15-10-6-2-1-3-7-10/h1-9H,(H2,15,16,17). The SMILES string of the molecule is Fc1ccccc1NC(=S)Nc1ccccc1. The van der Waals surface area contributed by atoms with E-state index >= 15 is 0 Å². The van der Waals surface area contributed by atoms with Crippen molar-refractivity contribution in [2.24, 2.45) is 0 Å². The van der Waals surface area contributed by atoms with Crippen LogP contribution in [0.2, 0.25) is 0 Å². The van der Waals surface area contributed by atoms with Crippen LogP contribution in [-0.4, -0.2) is 5.11 Å². The molecule has 0 atom stereocenters. The molecule has 0 spiro atoms. The zero-order valence-corrected chi connectivity index (χ0v) is 9.80. The monoisotopic (exact) mass is 246 g/mol. The molecule has 2 aromatic rings. The van der Waals surface area contributed by atoms with Gasteiger partial charge in [0, 0.05) is 5.69 Å². The number of anilines is 2. The summed E-state index contributed by atoms with van der Waals surface area (Å²) in [5, 5.41) is 6.14. The van der Waals surface area contributed by atoms with Gasteiger partial charge in [0.15, 0.2) is 5.11 Å². The molecule has 0 fully saturated rings. The molecule has 4 heteroatoms. The van der Waals surface area contributed by atoms with E-state index in [1.807, 2.05) is 30.3 Å². The first-order valence-corrected chi connectivity index (χ1v) is 5.54. The van der Waals surface area contributed by atoms with E-state index < -0.39 is 0 Å². The molecule has 0 amide bonds. The minimum absolute atomic E-state index is 0.329. The van der Waals surface area contributed by atoms with Gasteiger partial charge in [0.2, 0.25) is 0 Å². The predicted molar refractivity (Wildman–Crippen MR) is 72.7 cm³/mol. The minimum atomic E-state index is -0.329. The van der Waals surface area contributed by atoms with Crippen molar-refractivity contribution >= 4 is 28.7 Å². The van der Waals surface area contributed by atoms with Crippen LogP contribution in [0, 0.1) is 5.82 Å². The van der Waals surface area contributed by atoms with Crippen molar-refractivity contribution in [1.29, 1.82) is 0 Å². The fourth-order valence-corrected chi connectivity index (χ4v) is 1.60. The second-order valence-corrected chi connectivity index (χ2v) is 3.83. The van der Waals surface area contributed by atoms with Gasteiger partial charge < -0.3 is 10.6 Å². The van der Waals surface area contributed by atoms with Crippen molar-refractivity contribution < 1.29 is 4.39 Å². The van der Waals surface area contributed by atoms with E-state index in [4.69, 9.17) is 12.2 Å². The summed E-state index contributed by atoms with van der Waals surface area (Å²) in [6.45, 7) is 0. The third kappa shape index (κ3) is 3.26. The molecule has 0 heterocycles. The number of rotatable bonds is 2. The first-order chi connectivity index (χ1) is 8.25. The Bertz CT molecular complexity index is 514. The molecule has 17 heavy (non-hydrogen) atoms. The number of hydrogen-bond acceptors (Lipinski definition) is 1. The lowest BCUT2D eigenvalue weighted by Gasteiger charge is -2.10. The molecule has 2 rings (SSSR count). The fourth-order valence-electron chi connectivity index (χ4n) is 1.37. The van der Waals surface area contributed by atoms with Gasteiger partial charge in [0.25, 0.3) is 0 Å². The molecular formula is C13H11FN2S. The Kier molecular flexibility index (Phi) is 3.67. The van der Waals surface area contributed by atoms with Gasteiger partial charge in [-0.2, -0.15) is 0 Å². The third-order valence-corrected chi connectivity index (χ3v) is 2.36. The molecule has 0 unspecified atom stereocenters. The summed E-state index contributed by atoms with van der Waals surface area (Å²) >= 11 is 5.09. The Hall–Kier alpha value is -1.94. The van der Waals surface area contributed by atoms with Gasteiger partial charge in [-0.15, -0.1) is 0 Å². The van der Waals surface area contributed by atoms with Crippen LogP contribution in [0.15, 0.2) is 54.6 Å². The Balaban J connectivity index is 2.01. The molecule has 0 aromatic heterocycles. The zero-order chi connectivity index (χ0) is 12.1. The van der Waals surface area contributed by atoms with E-state index in [0.29, 0.717) is 10.8 Å². The second-order valence-electron chi connectivity index (χ2n) is 3.42. The quantitative estimate of drug-likeness (QED) is 0.791. The molecule has 0 aliphatic heterocycles. The molecule has 2 aromatic carbocycles. The number of halogens is 1. The number of nitrogens with one attached hydrogen (secondary N) is 2. The molecule has 0 aliphatic rings. The lowest BCUT2D eigenvalue weighted by molar-refractivity contribution is 0.632. The smallest absolute Gasteiger partial charge is 0.175 e. The Labute approximate surface area is 104 Å². The second kappa shape index (κ2) is 5.41. The van der Waals surface area contributed by atoms with E-state index in [0.717, 1.165) is 5.69 Å². The molecule has 2 N–H and O–H groups in total. The Morgan fingerprint density at radius 1 is 0.882 bits per heavy atom. The molecular weight excluding hydrogens is 235 g/mol. The van der Waals surface area contributed by atoms with Gasteiger partial charge in [0.1, 0.15) is 5.82 Å². The van der Waals surface area contributed by atoms with Crippen LogP contribution in [0.25, 0.3) is 0 Å². The maximum atomic E-state index is 13.3. The van der Waals surface area contributed by atoms with Crippen LogP contribution in [0.4, 0.5) is 15.8 Å². The summed E-state index contributed by atoms with van der Waals surface area (Å²) in [7, 11) is 0. The van der Waals surface area contributed by atoms with Gasteiger partial charge in [-0.3, -0.25) is 0 Å². The van der Waals surface area contributed by atoms with E-state index in [2.05, 4.69) is 10.6 Å². The summed E-state index contributed by atoms with van der Waals surface area (Å²) in [6, 6.07) is 15.9. The van der Waals surface area contributed by atoms with Crippen molar-refractivity contribution in [2.75, 3.05) is 10.6 Å². The minimum Gasteiger partial charge on any atom is -0.332 e. The van der Waals surface area contributed by atoms with Gasteiger partial charge in [-0.1, -0.05) is 30.3 Å². The number of benzene rings is 2. The summed E-state index contributed by atoms with van der Waals surface area (Å²) in [6.07, 6.45) is 0. The summed E-state index contributed by atoms with van der Waals surface area (Å²) in [5.41, 5.74) is 1.22. The molecule has 0 saturated heterocycles. The molecule has 2 nitrogen and oxygen atoms in total. The Morgan fingerprint density at radius 3 is 2.24 bits per heavy atom. The third-order valence-electron chi connectivity index (χ3n) is 2.15. The molecule has 0 aliphatic carbocycles. The van der Waals surface area contributed by atoms with Gasteiger partial charge >= 0.3 is 0 Å². The fraction of sp³-hybridized carbons (Fsp3) is 0. The van der Waals surface area contributed by atoms with E-state index in [-0.39, 0.29) is 5.82 Å². The van der Waals surface area contributed by atoms with Crippen molar-refractivity contribution in [1.82, 2.24) is 0 Å². The Morgan fingerprint density at radius 2 is 1.53 bits per heavy atom. The maximum absolute atomic E-state index is 13.3. The zero-order valence-electron chi connectivity index (χ0n) is 8.98. The van der Waals surface area contributed by atoms with E-state index in [1.54, 1.807) is 18.2 Å². The van der Waals surface area contributed by atoms with Crippen LogP contribution in [-0.2, 0) is 0 Å². The van der Waals surface area contributed by atoms with Crippen molar-refractivity contribution in [3.8, 4) is 0 Å². The van der Waals surface area contributed by atoms with Gasteiger partial charge in [0.05, 0.1) is 5.69 Å². The van der Waals surface area contributed by atoms with Crippen LogP contribution in [0.5, 0.6) is 0 Å². The van der Waals surface area contributed by atoms with Crippen LogP contribution >= 0.6 is 12.2 Å². The lowest BCUT2D eigenvalue weighted by Crippen LogP contribution is -2.19. The summed E-state index contributed by atoms with van der Waals surface area (Å²) < 4.78 is 13.3.